The number of rotatable bonds is 0. The summed E-state index contributed by atoms with van der Waals surface area (Å²) in [5.74, 6) is 0. The van der Waals surface area contributed by atoms with Crippen LogP contribution >= 0.6 is 0 Å². The summed E-state index contributed by atoms with van der Waals surface area (Å²) in [5.41, 5.74) is 0. The van der Waals surface area contributed by atoms with E-state index in [1.54, 1.807) is 0 Å². The molecule has 17 heteroatoms. The fourth-order valence-corrected chi connectivity index (χ4v) is 0. The molecule has 0 aromatic rings. The third-order valence-corrected chi connectivity index (χ3v) is 0. The minimum atomic E-state index is -5.75. The second-order valence-corrected chi connectivity index (χ2v) is 6.36. The van der Waals surface area contributed by atoms with Crippen molar-refractivity contribution in [3.63, 3.8) is 0 Å². The SMILES string of the molecule is O=[Se](=O)([O-])[O-].O=[Se](=O)([O-])[O-].O=[Se](=O)([O-])[O-].[Ho+3].[Ho+3]. The predicted octanol–water partition coefficient (Wildman–Crippen LogP) is -8.99. The summed E-state index contributed by atoms with van der Waals surface area (Å²) in [6.45, 7) is 0. The van der Waals surface area contributed by atoms with Crippen LogP contribution in [0.4, 0.5) is 0 Å². The molecule has 0 atom stereocenters. The van der Waals surface area contributed by atoms with Crippen LogP contribution in [0.25, 0.3) is 0 Å². The zero-order valence-corrected chi connectivity index (χ0v) is 15.7. The molecule has 0 aliphatic rings. The van der Waals surface area contributed by atoms with Gasteiger partial charge in [-0.2, -0.15) is 0 Å². The standard InChI is InChI=1S/2Ho.3H2O4Se/c;;3*1-5(2,3)4/h;;3*(H2,1,2,3,4)/q2*+3;;;/p-6. The molecule has 0 heterocycles. The zero-order chi connectivity index (χ0) is 13.5. The van der Waals surface area contributed by atoms with Crippen molar-refractivity contribution in [3.8, 4) is 0 Å². The molecule has 112 valence electrons. The molecular weight excluding hydrogens is 759 g/mol. The molecule has 0 unspecified atom stereocenters. The Morgan fingerprint density at radius 1 is 0.412 bits per heavy atom. The van der Waals surface area contributed by atoms with Gasteiger partial charge in [-0.15, -0.1) is 0 Å². The Morgan fingerprint density at radius 3 is 0.412 bits per heavy atom. The van der Waals surface area contributed by atoms with Crippen molar-refractivity contribution in [3.05, 3.63) is 0 Å². The first-order valence-corrected chi connectivity index (χ1v) is 10.4. The van der Waals surface area contributed by atoms with E-state index in [9.17, 15) is 0 Å². The van der Waals surface area contributed by atoms with Gasteiger partial charge in [-0.25, -0.2) is 0 Å². The minimum absolute atomic E-state index is 0. The molecule has 0 radical (unpaired) electrons. The third kappa shape index (κ3) is 741. The van der Waals surface area contributed by atoms with E-state index in [1.165, 1.54) is 0 Å². The molecule has 0 fully saturated rings. The first-order chi connectivity index (χ1) is 6.00. The largest absolute Gasteiger partial charge is 3.00 e. The molecule has 17 heavy (non-hydrogen) atoms. The van der Waals surface area contributed by atoms with Gasteiger partial charge in [0.05, 0.1) is 0 Å². The van der Waals surface area contributed by atoms with E-state index < -0.39 is 40.1 Å². The molecule has 0 N–H and O–H groups in total. The van der Waals surface area contributed by atoms with Gasteiger partial charge in [-0.05, 0) is 0 Å². The molecule has 0 saturated carbocycles. The summed E-state index contributed by atoms with van der Waals surface area (Å²) >= 11 is -17.2. The fourth-order valence-electron chi connectivity index (χ4n) is 0. The Hall–Kier alpha value is 2.64. The maximum atomic E-state index is 8.59. The Labute approximate surface area is 160 Å². The minimum Gasteiger partial charge on any atom is 3.00 e. The van der Waals surface area contributed by atoms with E-state index in [-0.39, 0.29) is 75.5 Å². The second-order valence-electron chi connectivity index (χ2n) is 1.22. The van der Waals surface area contributed by atoms with Crippen LogP contribution in [-0.4, -0.2) is 40.1 Å². The van der Waals surface area contributed by atoms with E-state index >= 15 is 0 Å². The van der Waals surface area contributed by atoms with Gasteiger partial charge in [0.1, 0.15) is 0 Å². The van der Waals surface area contributed by atoms with Crippen molar-refractivity contribution in [1.29, 1.82) is 0 Å². The van der Waals surface area contributed by atoms with E-state index in [1.807, 2.05) is 0 Å². The third-order valence-electron chi connectivity index (χ3n) is 0. The Balaban J connectivity index is -0.0000000400. The van der Waals surface area contributed by atoms with Crippen molar-refractivity contribution >= 4 is 40.1 Å². The van der Waals surface area contributed by atoms with Crippen molar-refractivity contribution in [1.82, 2.24) is 0 Å². The topological polar surface area (TPSA) is 241 Å². The molecule has 0 saturated heterocycles. The Kier molecular flexibility index (Phi) is 25.5. The molecule has 0 rings (SSSR count). The molecule has 0 spiro atoms. The maximum Gasteiger partial charge on any atom is 3.00 e. The van der Waals surface area contributed by atoms with Crippen LogP contribution in [0, 0.1) is 75.5 Å². The fraction of sp³-hybridized carbons (Fsp3) is 0. The predicted molar refractivity (Wildman–Crippen MR) is 21.4 cm³/mol. The maximum absolute atomic E-state index is 8.59. The molecule has 12 nitrogen and oxygen atoms in total. The van der Waals surface area contributed by atoms with Gasteiger partial charge >= 0.3 is 164 Å². The average molecular weight is 759 g/mol. The second kappa shape index (κ2) is 13.6. The zero-order valence-electron chi connectivity index (χ0n) is 6.73. The van der Waals surface area contributed by atoms with Crippen molar-refractivity contribution in [2.75, 3.05) is 0 Å². The van der Waals surface area contributed by atoms with E-state index in [4.69, 9.17) is 48.1 Å². The number of hydrogen-bond donors (Lipinski definition) is 0. The van der Waals surface area contributed by atoms with Gasteiger partial charge in [0.15, 0.2) is 0 Å². The van der Waals surface area contributed by atoms with E-state index in [0.29, 0.717) is 0 Å². The van der Waals surface area contributed by atoms with Crippen molar-refractivity contribution in [2.24, 2.45) is 0 Å². The number of hydrogen-bond acceptors (Lipinski definition) is 12. The van der Waals surface area contributed by atoms with E-state index in [2.05, 4.69) is 0 Å². The summed E-state index contributed by atoms with van der Waals surface area (Å²) in [6.07, 6.45) is 0. The van der Waals surface area contributed by atoms with Gasteiger partial charge in [-0.3, -0.25) is 0 Å². The summed E-state index contributed by atoms with van der Waals surface area (Å²) in [6, 6.07) is 0. The summed E-state index contributed by atoms with van der Waals surface area (Å²) in [7, 11) is 0. The molecule has 0 aliphatic heterocycles. The van der Waals surface area contributed by atoms with Crippen LogP contribution < -0.4 is 25.1 Å². The molecule has 0 aliphatic carbocycles. The molecule has 0 bridgehead atoms. The van der Waals surface area contributed by atoms with Crippen LogP contribution in [0.2, 0.25) is 0 Å². The molecule has 0 aromatic heterocycles. The van der Waals surface area contributed by atoms with Crippen LogP contribution in [-0.2, 0) is 23.0 Å². The summed E-state index contributed by atoms with van der Waals surface area (Å²) in [5, 5.41) is 0. The van der Waals surface area contributed by atoms with Crippen molar-refractivity contribution < 1.29 is 124 Å². The average Bonchev–Trinajstić information content (AvgIpc) is 1.41. The Bertz CT molecular complexity index is 341. The van der Waals surface area contributed by atoms with Crippen LogP contribution in [0.15, 0.2) is 0 Å². The molecule has 0 aromatic carbocycles. The van der Waals surface area contributed by atoms with Gasteiger partial charge in [0, 0.05) is 0 Å². The van der Waals surface area contributed by atoms with Crippen molar-refractivity contribution in [2.45, 2.75) is 0 Å². The van der Waals surface area contributed by atoms with Gasteiger partial charge in [0.2, 0.25) is 0 Å². The van der Waals surface area contributed by atoms with Crippen LogP contribution in [0.5, 0.6) is 0 Å². The van der Waals surface area contributed by atoms with Gasteiger partial charge < -0.3 is 0 Å². The Morgan fingerprint density at radius 2 is 0.412 bits per heavy atom. The molecular formula is Ho2O12Se3. The quantitative estimate of drug-likeness (QED) is 0.209. The van der Waals surface area contributed by atoms with Gasteiger partial charge in [0.25, 0.3) is 0 Å². The van der Waals surface area contributed by atoms with Gasteiger partial charge in [-0.1, -0.05) is 0 Å². The first kappa shape index (κ1) is 31.8. The van der Waals surface area contributed by atoms with E-state index in [0.717, 1.165) is 0 Å². The monoisotopic (exact) mass is 762 g/mol. The summed E-state index contributed by atoms with van der Waals surface area (Å²) in [4.78, 5) is 0. The normalized spacial score (nSPS) is 10.2. The van der Waals surface area contributed by atoms with Crippen LogP contribution in [0.1, 0.15) is 0 Å². The summed E-state index contributed by atoms with van der Waals surface area (Å²) < 4.78 is 103. The molecule has 0 amide bonds. The first-order valence-electron chi connectivity index (χ1n) is 2.00. The smallest absolute Gasteiger partial charge is 3.00 e. The van der Waals surface area contributed by atoms with Crippen LogP contribution in [0.3, 0.4) is 0 Å².